The lowest BCUT2D eigenvalue weighted by atomic mass is 9.85. The van der Waals surface area contributed by atoms with Crippen LogP contribution in [0.4, 0.5) is 11.5 Å². The van der Waals surface area contributed by atoms with Crippen molar-refractivity contribution in [1.29, 1.82) is 0 Å². The van der Waals surface area contributed by atoms with Gasteiger partial charge in [-0.2, -0.15) is 0 Å². The third kappa shape index (κ3) is 4.41. The van der Waals surface area contributed by atoms with E-state index in [0.29, 0.717) is 18.1 Å². The fourth-order valence-corrected chi connectivity index (χ4v) is 3.41. The molecule has 4 rings (SSSR count). The quantitative estimate of drug-likeness (QED) is 0.699. The third-order valence-electron chi connectivity index (χ3n) is 4.73. The molecule has 138 valence electrons. The number of pyridine rings is 1. The molecule has 0 amide bonds. The Morgan fingerprint density at radius 1 is 0.926 bits per heavy atom. The first-order valence-corrected chi connectivity index (χ1v) is 9.23. The number of aliphatic hydroxyl groups excluding tert-OH is 1. The summed E-state index contributed by atoms with van der Waals surface area (Å²) >= 11 is 0. The van der Waals surface area contributed by atoms with Crippen molar-refractivity contribution in [2.24, 2.45) is 0 Å². The zero-order valence-corrected chi connectivity index (χ0v) is 15.0. The van der Waals surface area contributed by atoms with Crippen molar-refractivity contribution in [1.82, 2.24) is 15.0 Å². The van der Waals surface area contributed by atoms with Gasteiger partial charge < -0.3 is 15.2 Å². The van der Waals surface area contributed by atoms with Gasteiger partial charge in [-0.25, -0.2) is 9.97 Å². The Hall–Kier alpha value is -2.99. The van der Waals surface area contributed by atoms with Crippen LogP contribution in [0.2, 0.25) is 0 Å². The molecule has 2 heterocycles. The second-order valence-corrected chi connectivity index (χ2v) is 6.73. The van der Waals surface area contributed by atoms with Crippen LogP contribution >= 0.6 is 0 Å². The monoisotopic (exact) mass is 362 g/mol. The van der Waals surface area contributed by atoms with Crippen LogP contribution in [0.1, 0.15) is 37.3 Å². The molecule has 1 aromatic carbocycles. The summed E-state index contributed by atoms with van der Waals surface area (Å²) in [7, 11) is 0. The molecular weight excluding hydrogens is 340 g/mol. The Morgan fingerprint density at radius 2 is 1.78 bits per heavy atom. The summed E-state index contributed by atoms with van der Waals surface area (Å²) < 4.78 is 6.00. The molecule has 2 N–H and O–H groups in total. The number of aliphatic hydroxyl groups is 1. The van der Waals surface area contributed by atoms with Crippen molar-refractivity contribution in [3.8, 4) is 11.6 Å². The Labute approximate surface area is 158 Å². The molecular formula is C21H22N4O2. The highest BCUT2D eigenvalue weighted by atomic mass is 16.5. The highest BCUT2D eigenvalue weighted by Crippen LogP contribution is 2.36. The summed E-state index contributed by atoms with van der Waals surface area (Å²) in [5.74, 6) is 2.18. The van der Waals surface area contributed by atoms with E-state index in [1.165, 1.54) is 0 Å². The lowest BCUT2D eigenvalue weighted by molar-refractivity contribution is 0.118. The average molecular weight is 362 g/mol. The van der Waals surface area contributed by atoms with Crippen molar-refractivity contribution in [3.05, 3.63) is 66.7 Å². The van der Waals surface area contributed by atoms with Crippen LogP contribution in [0.5, 0.6) is 11.6 Å². The number of nitrogens with zero attached hydrogens (tertiary/aromatic N) is 3. The van der Waals surface area contributed by atoms with Gasteiger partial charge in [0.25, 0.3) is 0 Å². The van der Waals surface area contributed by atoms with Gasteiger partial charge in [-0.15, -0.1) is 0 Å². The third-order valence-corrected chi connectivity index (χ3v) is 4.73. The van der Waals surface area contributed by atoms with Gasteiger partial charge in [0.05, 0.1) is 6.10 Å². The SMILES string of the molecule is O[C@@H]1CCC[C@@H](c2nccnc2Oc2ccc(Nc3ccccn3)cc2)C1. The van der Waals surface area contributed by atoms with Gasteiger partial charge in [-0.3, -0.25) is 4.98 Å². The van der Waals surface area contributed by atoms with Crippen molar-refractivity contribution in [2.45, 2.75) is 37.7 Å². The fraction of sp³-hybridized carbons (Fsp3) is 0.286. The summed E-state index contributed by atoms with van der Waals surface area (Å²) in [6, 6.07) is 13.4. The second-order valence-electron chi connectivity index (χ2n) is 6.73. The summed E-state index contributed by atoms with van der Waals surface area (Å²) in [5, 5.41) is 13.2. The molecule has 6 nitrogen and oxygen atoms in total. The molecule has 0 spiro atoms. The number of aromatic nitrogens is 3. The zero-order chi connectivity index (χ0) is 18.5. The van der Waals surface area contributed by atoms with E-state index >= 15 is 0 Å². The van der Waals surface area contributed by atoms with E-state index in [1.54, 1.807) is 18.6 Å². The van der Waals surface area contributed by atoms with Crippen LogP contribution in [0, 0.1) is 0 Å². The standard InChI is InChI=1S/C21H22N4O2/c26-17-5-3-4-15(14-17)20-21(24-13-12-23-20)27-18-9-7-16(8-10-18)25-19-6-1-2-11-22-19/h1-2,6-13,15,17,26H,3-5,14H2,(H,22,25)/t15-,17-/m1/s1. The van der Waals surface area contributed by atoms with Gasteiger partial charge in [0, 0.05) is 30.2 Å². The van der Waals surface area contributed by atoms with E-state index in [-0.39, 0.29) is 12.0 Å². The first-order chi connectivity index (χ1) is 13.3. The average Bonchev–Trinajstić information content (AvgIpc) is 2.71. The number of anilines is 2. The lowest BCUT2D eigenvalue weighted by Gasteiger charge is -2.26. The van der Waals surface area contributed by atoms with Gasteiger partial charge in [-0.05, 0) is 55.7 Å². The van der Waals surface area contributed by atoms with E-state index in [0.717, 1.165) is 36.5 Å². The van der Waals surface area contributed by atoms with Crippen LogP contribution in [-0.2, 0) is 0 Å². The van der Waals surface area contributed by atoms with Crippen molar-refractivity contribution < 1.29 is 9.84 Å². The maximum Gasteiger partial charge on any atom is 0.241 e. The maximum absolute atomic E-state index is 9.97. The summed E-state index contributed by atoms with van der Waals surface area (Å²) in [6.45, 7) is 0. The molecule has 1 aliphatic carbocycles. The molecule has 1 fully saturated rings. The number of nitrogens with one attached hydrogen (secondary N) is 1. The van der Waals surface area contributed by atoms with Gasteiger partial charge in [-0.1, -0.05) is 12.5 Å². The van der Waals surface area contributed by atoms with E-state index < -0.39 is 0 Å². The maximum atomic E-state index is 9.97. The van der Waals surface area contributed by atoms with Crippen molar-refractivity contribution in [3.63, 3.8) is 0 Å². The molecule has 3 aromatic rings. The highest BCUT2D eigenvalue weighted by molar-refractivity contribution is 5.57. The second kappa shape index (κ2) is 8.14. The number of hydrogen-bond acceptors (Lipinski definition) is 6. The molecule has 2 aromatic heterocycles. The Bertz CT molecular complexity index is 871. The van der Waals surface area contributed by atoms with Crippen LogP contribution in [-0.4, -0.2) is 26.2 Å². The molecule has 0 aliphatic heterocycles. The normalized spacial score (nSPS) is 19.4. The molecule has 0 radical (unpaired) electrons. The van der Waals surface area contributed by atoms with Crippen LogP contribution in [0.25, 0.3) is 0 Å². The van der Waals surface area contributed by atoms with Crippen molar-refractivity contribution >= 4 is 11.5 Å². The number of ether oxygens (including phenoxy) is 1. The van der Waals surface area contributed by atoms with Gasteiger partial charge in [0.15, 0.2) is 0 Å². The Morgan fingerprint density at radius 3 is 2.56 bits per heavy atom. The molecule has 0 bridgehead atoms. The van der Waals surface area contributed by atoms with Gasteiger partial charge in [0.2, 0.25) is 5.88 Å². The summed E-state index contributed by atoms with van der Waals surface area (Å²) in [6.07, 6.45) is 8.36. The lowest BCUT2D eigenvalue weighted by Crippen LogP contribution is -2.19. The topological polar surface area (TPSA) is 80.2 Å². The first kappa shape index (κ1) is 17.4. The molecule has 27 heavy (non-hydrogen) atoms. The number of rotatable bonds is 5. The highest BCUT2D eigenvalue weighted by Gasteiger charge is 2.26. The fourth-order valence-electron chi connectivity index (χ4n) is 3.41. The molecule has 6 heteroatoms. The van der Waals surface area contributed by atoms with E-state index in [1.807, 2.05) is 42.5 Å². The number of benzene rings is 1. The van der Waals surface area contributed by atoms with Gasteiger partial charge >= 0.3 is 0 Å². The largest absolute Gasteiger partial charge is 0.437 e. The van der Waals surface area contributed by atoms with E-state index in [2.05, 4.69) is 20.3 Å². The predicted molar refractivity (Wildman–Crippen MR) is 103 cm³/mol. The molecule has 1 aliphatic rings. The van der Waals surface area contributed by atoms with E-state index in [9.17, 15) is 5.11 Å². The minimum atomic E-state index is -0.268. The summed E-state index contributed by atoms with van der Waals surface area (Å²) in [5.41, 5.74) is 1.75. The zero-order valence-electron chi connectivity index (χ0n) is 15.0. The predicted octanol–water partition coefficient (Wildman–Crippen LogP) is 4.43. The minimum Gasteiger partial charge on any atom is -0.437 e. The van der Waals surface area contributed by atoms with Crippen LogP contribution in [0.3, 0.4) is 0 Å². The van der Waals surface area contributed by atoms with Gasteiger partial charge in [0.1, 0.15) is 17.3 Å². The minimum absolute atomic E-state index is 0.183. The summed E-state index contributed by atoms with van der Waals surface area (Å²) in [4.78, 5) is 13.1. The number of hydrogen-bond donors (Lipinski definition) is 2. The Balaban J connectivity index is 1.48. The molecule has 2 atom stereocenters. The van der Waals surface area contributed by atoms with Crippen molar-refractivity contribution in [2.75, 3.05) is 5.32 Å². The van der Waals surface area contributed by atoms with Crippen LogP contribution in [0.15, 0.2) is 61.1 Å². The smallest absolute Gasteiger partial charge is 0.241 e. The molecule has 1 saturated carbocycles. The van der Waals surface area contributed by atoms with Crippen LogP contribution < -0.4 is 10.1 Å². The molecule has 0 saturated heterocycles. The molecule has 0 unspecified atom stereocenters. The first-order valence-electron chi connectivity index (χ1n) is 9.23. The Kier molecular flexibility index (Phi) is 5.25. The van der Waals surface area contributed by atoms with E-state index in [4.69, 9.17) is 4.74 Å².